The van der Waals surface area contributed by atoms with Gasteiger partial charge in [0.25, 0.3) is 0 Å². The summed E-state index contributed by atoms with van der Waals surface area (Å²) in [4.78, 5) is 13.3. The minimum atomic E-state index is -4.10. The minimum absolute atomic E-state index is 0.182. The standard InChI is InChI=1S/C20H42O10Si/c1-12-13-19(21)31(28-17(5)25-14(2)22-9,29-18(6)26-15(3)23-10)30-20(7,8)27-16(4)24-11/h14-18H,12-13H2,1-11H3. The Kier molecular flexibility index (Phi) is 14.4. The summed E-state index contributed by atoms with van der Waals surface area (Å²) in [6.45, 7) is 13.6. The molecular formula is C20H42O10Si. The Morgan fingerprint density at radius 1 is 0.774 bits per heavy atom. The van der Waals surface area contributed by atoms with Crippen molar-refractivity contribution in [3.05, 3.63) is 0 Å². The van der Waals surface area contributed by atoms with Gasteiger partial charge in [-0.15, -0.1) is 0 Å². The van der Waals surface area contributed by atoms with Crippen molar-refractivity contribution in [3.63, 3.8) is 0 Å². The number of hydrogen-bond donors (Lipinski definition) is 0. The molecule has 0 saturated carbocycles. The van der Waals surface area contributed by atoms with Crippen molar-refractivity contribution in [3.8, 4) is 0 Å². The maximum atomic E-state index is 13.3. The van der Waals surface area contributed by atoms with Gasteiger partial charge in [-0.05, 0) is 54.9 Å². The predicted octanol–water partition coefficient (Wildman–Crippen LogP) is 3.34. The number of carbonyl (C=O) groups excluding carboxylic acids is 1. The van der Waals surface area contributed by atoms with Gasteiger partial charge < -0.3 is 41.7 Å². The van der Waals surface area contributed by atoms with Crippen LogP contribution in [0.5, 0.6) is 0 Å². The summed E-state index contributed by atoms with van der Waals surface area (Å²) in [6, 6.07) is 0. The van der Waals surface area contributed by atoms with Crippen molar-refractivity contribution in [1.29, 1.82) is 0 Å². The molecule has 186 valence electrons. The summed E-state index contributed by atoms with van der Waals surface area (Å²) in [5, 5.41) is -0.321. The maximum Gasteiger partial charge on any atom is 0.580 e. The zero-order chi connectivity index (χ0) is 24.2. The first-order valence-electron chi connectivity index (χ1n) is 10.5. The molecule has 0 aliphatic heterocycles. The van der Waals surface area contributed by atoms with Gasteiger partial charge in [0.1, 0.15) is 0 Å². The first-order chi connectivity index (χ1) is 14.3. The van der Waals surface area contributed by atoms with E-state index in [0.29, 0.717) is 6.42 Å². The van der Waals surface area contributed by atoms with Crippen molar-refractivity contribution in [1.82, 2.24) is 0 Å². The molecule has 0 heterocycles. The summed E-state index contributed by atoms with van der Waals surface area (Å²) < 4.78 is 50.8. The topological polar surface area (TPSA) is 100 Å². The summed E-state index contributed by atoms with van der Waals surface area (Å²) in [7, 11) is 0.409. The van der Waals surface area contributed by atoms with E-state index in [4.69, 9.17) is 41.7 Å². The summed E-state index contributed by atoms with van der Waals surface area (Å²) in [5.41, 5.74) is 0. The minimum Gasteiger partial charge on any atom is -0.356 e. The molecule has 0 saturated heterocycles. The first-order valence-corrected chi connectivity index (χ1v) is 12.2. The fraction of sp³-hybridized carbons (Fsp3) is 0.950. The van der Waals surface area contributed by atoms with Crippen LogP contribution < -0.4 is 0 Å². The Morgan fingerprint density at radius 2 is 1.19 bits per heavy atom. The largest absolute Gasteiger partial charge is 0.580 e. The number of hydrogen-bond acceptors (Lipinski definition) is 10. The molecule has 0 aliphatic carbocycles. The van der Waals surface area contributed by atoms with Crippen molar-refractivity contribution >= 4 is 14.2 Å². The second kappa shape index (κ2) is 14.6. The first kappa shape index (κ1) is 30.5. The molecular weight excluding hydrogens is 428 g/mol. The van der Waals surface area contributed by atoms with Crippen LogP contribution in [0.4, 0.5) is 0 Å². The lowest BCUT2D eigenvalue weighted by Gasteiger charge is -2.39. The van der Waals surface area contributed by atoms with Gasteiger partial charge >= 0.3 is 8.80 Å². The lowest BCUT2D eigenvalue weighted by molar-refractivity contribution is -0.282. The Hall–Kier alpha value is -0.473. The molecule has 0 N–H and O–H groups in total. The fourth-order valence-electron chi connectivity index (χ4n) is 2.58. The number of carbonyl (C=O) groups is 1. The average molecular weight is 471 g/mol. The molecule has 0 spiro atoms. The SMILES string of the molecule is CCCC(=O)[Si](OC(C)OC(C)OC)(OC(C)OC(C)OC)OC(C)(C)OC(C)OC. The Labute approximate surface area is 188 Å². The highest BCUT2D eigenvalue weighted by molar-refractivity contribution is 6.92. The maximum absolute atomic E-state index is 13.3. The van der Waals surface area contributed by atoms with Gasteiger partial charge in [-0.3, -0.25) is 4.79 Å². The van der Waals surface area contributed by atoms with Crippen LogP contribution in [0.15, 0.2) is 0 Å². The number of methoxy groups -OCH3 is 3. The zero-order valence-corrected chi connectivity index (χ0v) is 21.9. The summed E-state index contributed by atoms with van der Waals surface area (Å²) in [6.07, 6.45) is -2.71. The van der Waals surface area contributed by atoms with Crippen LogP contribution in [-0.4, -0.2) is 72.8 Å². The van der Waals surface area contributed by atoms with Crippen LogP contribution in [0.3, 0.4) is 0 Å². The van der Waals surface area contributed by atoms with Gasteiger partial charge in [-0.25, -0.2) is 0 Å². The third kappa shape index (κ3) is 11.8. The van der Waals surface area contributed by atoms with Crippen molar-refractivity contribution in [2.24, 2.45) is 0 Å². The van der Waals surface area contributed by atoms with Gasteiger partial charge in [0.05, 0.1) is 0 Å². The van der Waals surface area contributed by atoms with Crippen LogP contribution in [0.25, 0.3) is 0 Å². The fourth-order valence-corrected chi connectivity index (χ4v) is 5.35. The average Bonchev–Trinajstić information content (AvgIpc) is 2.66. The van der Waals surface area contributed by atoms with E-state index in [0.717, 1.165) is 0 Å². The van der Waals surface area contributed by atoms with Gasteiger partial charge in [-0.2, -0.15) is 0 Å². The Morgan fingerprint density at radius 3 is 1.55 bits per heavy atom. The molecule has 10 nitrogen and oxygen atoms in total. The second-order valence-electron chi connectivity index (χ2n) is 7.40. The molecule has 0 aromatic rings. The number of ether oxygens (including phenoxy) is 6. The molecule has 0 aromatic heterocycles. The van der Waals surface area contributed by atoms with Crippen molar-refractivity contribution in [2.75, 3.05) is 21.3 Å². The van der Waals surface area contributed by atoms with E-state index in [1.165, 1.54) is 21.3 Å². The van der Waals surface area contributed by atoms with Gasteiger partial charge in [-0.1, -0.05) is 6.92 Å². The van der Waals surface area contributed by atoms with Crippen LogP contribution in [0, 0.1) is 0 Å². The molecule has 0 rings (SSSR count). The van der Waals surface area contributed by atoms with Crippen LogP contribution in [0.1, 0.15) is 68.2 Å². The quantitative estimate of drug-likeness (QED) is 0.219. The Bertz CT molecular complexity index is 484. The van der Waals surface area contributed by atoms with E-state index in [-0.39, 0.29) is 11.8 Å². The highest BCUT2D eigenvalue weighted by atomic mass is 28.4. The third-order valence-corrected chi connectivity index (χ3v) is 7.03. The van der Waals surface area contributed by atoms with Gasteiger partial charge in [0.2, 0.25) is 5.41 Å². The predicted molar refractivity (Wildman–Crippen MR) is 115 cm³/mol. The van der Waals surface area contributed by atoms with Crippen molar-refractivity contribution < 1.29 is 46.5 Å². The third-order valence-electron chi connectivity index (χ3n) is 4.05. The molecule has 5 unspecified atom stereocenters. The second-order valence-corrected chi connectivity index (χ2v) is 9.75. The highest BCUT2D eigenvalue weighted by Crippen LogP contribution is 2.28. The van der Waals surface area contributed by atoms with E-state index in [1.54, 1.807) is 48.5 Å². The molecule has 5 atom stereocenters. The normalized spacial score (nSPS) is 19.3. The van der Waals surface area contributed by atoms with E-state index in [1.807, 2.05) is 6.92 Å². The summed E-state index contributed by atoms with van der Waals surface area (Å²) in [5.74, 6) is -1.27. The van der Waals surface area contributed by atoms with Crippen LogP contribution in [-0.2, 0) is 46.5 Å². The molecule has 0 radical (unpaired) electrons. The zero-order valence-electron chi connectivity index (χ0n) is 20.9. The molecule has 11 heteroatoms. The van der Waals surface area contributed by atoms with E-state index in [2.05, 4.69) is 0 Å². The molecule has 0 aliphatic rings. The molecule has 0 aromatic carbocycles. The van der Waals surface area contributed by atoms with E-state index >= 15 is 0 Å². The lowest BCUT2D eigenvalue weighted by atomic mass is 10.4. The lowest BCUT2D eigenvalue weighted by Crippen LogP contribution is -2.61. The van der Waals surface area contributed by atoms with Crippen LogP contribution >= 0.6 is 0 Å². The smallest absolute Gasteiger partial charge is 0.356 e. The number of rotatable bonds is 18. The molecule has 31 heavy (non-hydrogen) atoms. The van der Waals surface area contributed by atoms with Crippen molar-refractivity contribution in [2.45, 2.75) is 105 Å². The Balaban J connectivity index is 6.00. The van der Waals surface area contributed by atoms with E-state index in [9.17, 15) is 4.79 Å². The molecule has 0 bridgehead atoms. The highest BCUT2D eigenvalue weighted by Gasteiger charge is 2.56. The van der Waals surface area contributed by atoms with E-state index < -0.39 is 46.0 Å². The van der Waals surface area contributed by atoms with Gasteiger partial charge in [0, 0.05) is 27.8 Å². The monoisotopic (exact) mass is 470 g/mol. The summed E-state index contributed by atoms with van der Waals surface area (Å²) >= 11 is 0. The van der Waals surface area contributed by atoms with Gasteiger partial charge in [0.15, 0.2) is 37.2 Å². The van der Waals surface area contributed by atoms with Crippen LogP contribution in [0.2, 0.25) is 0 Å². The molecule has 0 fully saturated rings. The molecule has 0 amide bonds.